The third kappa shape index (κ3) is 6.36. The maximum absolute atomic E-state index is 5.88. The molecule has 0 unspecified atom stereocenters. The smallest absolute Gasteiger partial charge is 0.191 e. The van der Waals surface area contributed by atoms with Crippen LogP contribution in [0.2, 0.25) is 5.02 Å². The fourth-order valence-corrected chi connectivity index (χ4v) is 1.78. The maximum Gasteiger partial charge on any atom is 0.191 e. The van der Waals surface area contributed by atoms with E-state index in [1.54, 1.807) is 7.05 Å². The molecule has 0 aliphatic carbocycles. The Morgan fingerprint density at radius 3 is 2.33 bits per heavy atom. The van der Waals surface area contributed by atoms with Crippen LogP contribution in [0.15, 0.2) is 29.3 Å². The summed E-state index contributed by atoms with van der Waals surface area (Å²) < 4.78 is 0. The fourth-order valence-electron chi connectivity index (χ4n) is 1.66. The zero-order valence-corrected chi connectivity index (χ0v) is 14.5. The van der Waals surface area contributed by atoms with Gasteiger partial charge in [0.1, 0.15) is 0 Å². The van der Waals surface area contributed by atoms with Gasteiger partial charge in [-0.2, -0.15) is 0 Å². The number of aliphatic imine (C=N–C) groups is 1. The molecule has 0 radical (unpaired) electrons. The highest BCUT2D eigenvalue weighted by Gasteiger charge is 2.20. The first-order valence-electron chi connectivity index (χ1n) is 7.21. The summed E-state index contributed by atoms with van der Waals surface area (Å²) in [6, 6.07) is 7.94. The van der Waals surface area contributed by atoms with E-state index in [2.05, 4.69) is 60.6 Å². The lowest BCUT2D eigenvalue weighted by Gasteiger charge is -2.33. The van der Waals surface area contributed by atoms with Gasteiger partial charge in [-0.1, -0.05) is 23.7 Å². The molecule has 1 aromatic rings. The second kappa shape index (κ2) is 8.25. The van der Waals surface area contributed by atoms with Crippen LogP contribution in [-0.4, -0.2) is 50.6 Å². The molecule has 0 aliphatic heterocycles. The van der Waals surface area contributed by atoms with Gasteiger partial charge in [-0.15, -0.1) is 0 Å². The van der Waals surface area contributed by atoms with Crippen molar-refractivity contribution in [1.29, 1.82) is 0 Å². The van der Waals surface area contributed by atoms with Crippen LogP contribution < -0.4 is 10.6 Å². The van der Waals surface area contributed by atoms with E-state index in [0.717, 1.165) is 30.5 Å². The van der Waals surface area contributed by atoms with E-state index in [-0.39, 0.29) is 5.54 Å². The van der Waals surface area contributed by atoms with Gasteiger partial charge in [0.05, 0.1) is 0 Å². The van der Waals surface area contributed by atoms with Crippen LogP contribution in [-0.2, 0) is 6.42 Å². The lowest BCUT2D eigenvalue weighted by molar-refractivity contribution is 0.197. The monoisotopic (exact) mass is 310 g/mol. The third-order valence-corrected chi connectivity index (χ3v) is 3.99. The van der Waals surface area contributed by atoms with Crippen molar-refractivity contribution in [2.75, 3.05) is 34.2 Å². The Labute approximate surface area is 133 Å². The van der Waals surface area contributed by atoms with Crippen molar-refractivity contribution < 1.29 is 0 Å². The molecule has 1 aromatic carbocycles. The van der Waals surface area contributed by atoms with E-state index >= 15 is 0 Å². The van der Waals surface area contributed by atoms with Gasteiger partial charge in [0, 0.05) is 30.7 Å². The highest BCUT2D eigenvalue weighted by Crippen LogP contribution is 2.09. The molecule has 0 atom stereocenters. The Bertz CT molecular complexity index is 452. The van der Waals surface area contributed by atoms with E-state index in [4.69, 9.17) is 11.6 Å². The predicted octanol–water partition coefficient (Wildman–Crippen LogP) is 2.39. The van der Waals surface area contributed by atoms with Crippen LogP contribution in [0.4, 0.5) is 0 Å². The summed E-state index contributed by atoms with van der Waals surface area (Å²) in [4.78, 5) is 6.45. The minimum absolute atomic E-state index is 0.0772. The van der Waals surface area contributed by atoms with E-state index in [0.29, 0.717) is 0 Å². The highest BCUT2D eigenvalue weighted by molar-refractivity contribution is 6.30. The summed E-state index contributed by atoms with van der Waals surface area (Å²) in [6.07, 6.45) is 0.939. The molecular weight excluding hydrogens is 284 g/mol. The maximum atomic E-state index is 5.88. The van der Waals surface area contributed by atoms with Gasteiger partial charge in [-0.05, 0) is 52.1 Å². The molecule has 2 N–H and O–H groups in total. The Balaban J connectivity index is 2.37. The normalized spacial score (nSPS) is 12.6. The van der Waals surface area contributed by atoms with Gasteiger partial charge in [-0.3, -0.25) is 4.99 Å². The standard InChI is InChI=1S/C16H27ClN4/c1-16(2,21(4)5)12-20-15(18-3)19-11-10-13-6-8-14(17)9-7-13/h6-9H,10-12H2,1-5H3,(H2,18,19,20). The number of benzene rings is 1. The average Bonchev–Trinajstić information content (AvgIpc) is 2.44. The van der Waals surface area contributed by atoms with Crippen molar-refractivity contribution >= 4 is 17.6 Å². The van der Waals surface area contributed by atoms with Crippen molar-refractivity contribution in [3.05, 3.63) is 34.9 Å². The van der Waals surface area contributed by atoms with Gasteiger partial charge in [0.15, 0.2) is 5.96 Å². The Morgan fingerprint density at radius 2 is 1.81 bits per heavy atom. The molecule has 0 spiro atoms. The van der Waals surface area contributed by atoms with E-state index in [1.165, 1.54) is 5.56 Å². The molecule has 118 valence electrons. The molecule has 0 saturated heterocycles. The van der Waals surface area contributed by atoms with Gasteiger partial charge < -0.3 is 15.5 Å². The Morgan fingerprint density at radius 1 is 1.19 bits per heavy atom. The van der Waals surface area contributed by atoms with Crippen molar-refractivity contribution in [1.82, 2.24) is 15.5 Å². The molecule has 0 heterocycles. The zero-order valence-electron chi connectivity index (χ0n) is 13.7. The topological polar surface area (TPSA) is 39.7 Å². The molecule has 0 saturated carbocycles. The van der Waals surface area contributed by atoms with Crippen LogP contribution in [0.25, 0.3) is 0 Å². The molecule has 0 fully saturated rings. The molecule has 4 nitrogen and oxygen atoms in total. The van der Waals surface area contributed by atoms with Crippen LogP contribution in [0.1, 0.15) is 19.4 Å². The van der Waals surface area contributed by atoms with Gasteiger partial charge >= 0.3 is 0 Å². The molecular formula is C16H27ClN4. The largest absolute Gasteiger partial charge is 0.356 e. The molecule has 0 aromatic heterocycles. The first-order chi connectivity index (χ1) is 9.85. The minimum atomic E-state index is 0.0772. The average molecular weight is 311 g/mol. The summed E-state index contributed by atoms with van der Waals surface area (Å²) >= 11 is 5.88. The number of guanidine groups is 1. The number of nitrogens with zero attached hydrogens (tertiary/aromatic N) is 2. The quantitative estimate of drug-likeness (QED) is 0.626. The second-order valence-electron chi connectivity index (χ2n) is 5.94. The molecule has 0 aliphatic rings. The van der Waals surface area contributed by atoms with E-state index in [9.17, 15) is 0 Å². The number of halogens is 1. The number of rotatable bonds is 6. The lowest BCUT2D eigenvalue weighted by atomic mass is 10.0. The molecule has 1 rings (SSSR count). The molecule has 0 bridgehead atoms. The van der Waals surface area contributed by atoms with Crippen molar-refractivity contribution in [2.24, 2.45) is 4.99 Å². The van der Waals surface area contributed by atoms with Gasteiger partial charge in [0.25, 0.3) is 0 Å². The second-order valence-corrected chi connectivity index (χ2v) is 6.37. The predicted molar refractivity (Wildman–Crippen MR) is 92.3 cm³/mol. The van der Waals surface area contributed by atoms with Crippen molar-refractivity contribution in [2.45, 2.75) is 25.8 Å². The SMILES string of the molecule is CN=C(NCCc1ccc(Cl)cc1)NCC(C)(C)N(C)C. The summed E-state index contributed by atoms with van der Waals surface area (Å²) in [5.74, 6) is 0.832. The van der Waals surface area contributed by atoms with Gasteiger partial charge in [0.2, 0.25) is 0 Å². The van der Waals surface area contributed by atoms with Crippen molar-refractivity contribution in [3.8, 4) is 0 Å². The first-order valence-corrected chi connectivity index (χ1v) is 7.59. The summed E-state index contributed by atoms with van der Waals surface area (Å²) in [5, 5.41) is 7.47. The lowest BCUT2D eigenvalue weighted by Crippen LogP contribution is -2.51. The molecule has 5 heteroatoms. The van der Waals surface area contributed by atoms with Crippen molar-refractivity contribution in [3.63, 3.8) is 0 Å². The number of nitrogens with one attached hydrogen (secondary N) is 2. The number of likely N-dealkylation sites (N-methyl/N-ethyl adjacent to an activating group) is 1. The molecule has 0 amide bonds. The van der Waals surface area contributed by atoms with Crippen LogP contribution >= 0.6 is 11.6 Å². The zero-order chi connectivity index (χ0) is 15.9. The summed E-state index contributed by atoms with van der Waals surface area (Å²) in [7, 11) is 5.96. The van der Waals surface area contributed by atoms with Gasteiger partial charge in [-0.25, -0.2) is 0 Å². The fraction of sp³-hybridized carbons (Fsp3) is 0.562. The highest BCUT2D eigenvalue weighted by atomic mass is 35.5. The van der Waals surface area contributed by atoms with E-state index < -0.39 is 0 Å². The first kappa shape index (κ1) is 17.8. The van der Waals surface area contributed by atoms with E-state index in [1.807, 2.05) is 12.1 Å². The number of hydrogen-bond acceptors (Lipinski definition) is 2. The molecule has 21 heavy (non-hydrogen) atoms. The minimum Gasteiger partial charge on any atom is -0.356 e. The number of hydrogen-bond donors (Lipinski definition) is 2. The summed E-state index contributed by atoms with van der Waals surface area (Å²) in [6.45, 7) is 6.06. The Kier molecular flexibility index (Phi) is 6.99. The van der Waals surface area contributed by atoms with Crippen LogP contribution in [0.3, 0.4) is 0 Å². The van der Waals surface area contributed by atoms with Crippen LogP contribution in [0.5, 0.6) is 0 Å². The summed E-state index contributed by atoms with van der Waals surface area (Å²) in [5.41, 5.74) is 1.34. The third-order valence-electron chi connectivity index (χ3n) is 3.74. The Hall–Kier alpha value is -1.26. The van der Waals surface area contributed by atoms with Crippen LogP contribution in [0, 0.1) is 0 Å².